The summed E-state index contributed by atoms with van der Waals surface area (Å²) in [5, 5.41) is 10.1. The fourth-order valence-electron chi connectivity index (χ4n) is 3.61. The number of fused-ring (bicyclic) bond motifs is 1. The van der Waals surface area contributed by atoms with Crippen molar-refractivity contribution in [1.29, 1.82) is 0 Å². The molecule has 0 aromatic heterocycles. The van der Waals surface area contributed by atoms with Crippen LogP contribution in [0.15, 0.2) is 34.8 Å². The van der Waals surface area contributed by atoms with Crippen LogP contribution in [0.3, 0.4) is 0 Å². The van der Waals surface area contributed by atoms with Crippen LogP contribution < -0.4 is 4.74 Å². The Hall–Kier alpha value is -1.09. The first-order valence-corrected chi connectivity index (χ1v) is 11.0. The summed E-state index contributed by atoms with van der Waals surface area (Å²) in [7, 11) is 0.371. The molecule has 2 unspecified atom stereocenters. The first-order chi connectivity index (χ1) is 12.5. The summed E-state index contributed by atoms with van der Waals surface area (Å²) < 4.78 is 12.3. The molecule has 0 bridgehead atoms. The molecule has 2 aromatic carbocycles. The third-order valence-corrected chi connectivity index (χ3v) is 6.27. The molecular weight excluding hydrogens is 411 g/mol. The number of aromatic hydroxyl groups is 1. The highest BCUT2D eigenvalue weighted by atomic mass is 79.9. The Kier molecular flexibility index (Phi) is 6.60. The molecule has 1 aliphatic rings. The second-order valence-electron chi connectivity index (χ2n) is 6.91. The lowest BCUT2D eigenvalue weighted by atomic mass is 9.89. The number of hydrogen-bond donors (Lipinski definition) is 1. The highest BCUT2D eigenvalue weighted by molar-refractivity contribution is 9.10. The van der Waals surface area contributed by atoms with Crippen molar-refractivity contribution in [2.45, 2.75) is 45.4 Å². The van der Waals surface area contributed by atoms with Crippen molar-refractivity contribution in [1.82, 2.24) is 0 Å². The molecule has 0 saturated carbocycles. The van der Waals surface area contributed by atoms with Crippen LogP contribution in [0.25, 0.3) is 0 Å². The van der Waals surface area contributed by atoms with Crippen LogP contribution in [-0.2, 0) is 10.9 Å². The van der Waals surface area contributed by atoms with Gasteiger partial charge in [0.15, 0.2) is 0 Å². The van der Waals surface area contributed by atoms with E-state index in [1.54, 1.807) is 0 Å². The summed E-state index contributed by atoms with van der Waals surface area (Å²) in [6.45, 7) is 6.95. The normalized spacial score (nSPS) is 16.6. The molecule has 1 aliphatic carbocycles. The highest BCUT2D eigenvalue weighted by Crippen LogP contribution is 2.45. The van der Waals surface area contributed by atoms with Crippen LogP contribution in [0.5, 0.6) is 11.5 Å². The first-order valence-electron chi connectivity index (χ1n) is 9.13. The Morgan fingerprint density at radius 2 is 2.08 bits per heavy atom. The van der Waals surface area contributed by atoms with Crippen LogP contribution in [0.2, 0.25) is 0 Å². The molecule has 2 aromatic rings. The predicted octanol–water partition coefficient (Wildman–Crippen LogP) is 6.32. The maximum absolute atomic E-state index is 10.1. The van der Waals surface area contributed by atoms with Gasteiger partial charge in [-0.05, 0) is 66.1 Å². The molecule has 26 heavy (non-hydrogen) atoms. The molecule has 5 heteroatoms. The number of benzene rings is 2. The average molecular weight is 437 g/mol. The SMILES string of the molecule is CCOPCOc1cc(Br)c2c(c1)CCC2c1ccc(O)c(C(C)C)c1. The van der Waals surface area contributed by atoms with Gasteiger partial charge in [0.2, 0.25) is 0 Å². The van der Waals surface area contributed by atoms with Gasteiger partial charge in [-0.1, -0.05) is 41.9 Å². The van der Waals surface area contributed by atoms with E-state index in [1.807, 2.05) is 13.0 Å². The molecule has 0 fully saturated rings. The molecular formula is C21H26BrO3P. The quantitative estimate of drug-likeness (QED) is 0.407. The van der Waals surface area contributed by atoms with E-state index in [1.165, 1.54) is 16.7 Å². The number of halogens is 1. The second kappa shape index (κ2) is 8.73. The minimum atomic E-state index is 0.307. The Labute approximate surface area is 166 Å². The molecule has 2 atom stereocenters. The summed E-state index contributed by atoms with van der Waals surface area (Å²) in [5.74, 6) is 1.95. The van der Waals surface area contributed by atoms with E-state index in [9.17, 15) is 5.11 Å². The van der Waals surface area contributed by atoms with Gasteiger partial charge in [-0.3, -0.25) is 0 Å². The summed E-state index contributed by atoms with van der Waals surface area (Å²) >= 11 is 3.76. The van der Waals surface area contributed by atoms with E-state index >= 15 is 0 Å². The van der Waals surface area contributed by atoms with E-state index in [4.69, 9.17) is 9.26 Å². The molecule has 3 nitrogen and oxygen atoms in total. The van der Waals surface area contributed by atoms with Gasteiger partial charge in [-0.25, -0.2) is 0 Å². The zero-order chi connectivity index (χ0) is 18.7. The van der Waals surface area contributed by atoms with Crippen molar-refractivity contribution in [3.63, 3.8) is 0 Å². The van der Waals surface area contributed by atoms with Crippen molar-refractivity contribution < 1.29 is 14.4 Å². The van der Waals surface area contributed by atoms with E-state index < -0.39 is 0 Å². The van der Waals surface area contributed by atoms with Gasteiger partial charge in [-0.15, -0.1) is 0 Å². The maximum Gasteiger partial charge on any atom is 0.129 e. The molecule has 140 valence electrons. The van der Waals surface area contributed by atoms with Gasteiger partial charge in [-0.2, -0.15) is 0 Å². The van der Waals surface area contributed by atoms with Crippen molar-refractivity contribution in [3.05, 3.63) is 57.1 Å². The first kappa shape index (κ1) is 19.7. The average Bonchev–Trinajstić information content (AvgIpc) is 3.03. The number of ether oxygens (including phenoxy) is 1. The van der Waals surface area contributed by atoms with E-state index in [0.717, 1.165) is 35.2 Å². The van der Waals surface area contributed by atoms with E-state index in [2.05, 4.69) is 54.0 Å². The lowest BCUT2D eigenvalue weighted by Gasteiger charge is -2.18. The Balaban J connectivity index is 1.84. The lowest BCUT2D eigenvalue weighted by Crippen LogP contribution is -2.00. The van der Waals surface area contributed by atoms with Crippen molar-refractivity contribution >= 4 is 24.7 Å². The third kappa shape index (κ3) is 4.24. The number of phenolic OH excluding ortho intramolecular Hbond substituents is 1. The monoisotopic (exact) mass is 436 g/mol. The number of rotatable bonds is 7. The molecule has 0 heterocycles. The number of aryl methyl sites for hydroxylation is 1. The predicted molar refractivity (Wildman–Crippen MR) is 112 cm³/mol. The van der Waals surface area contributed by atoms with Gasteiger partial charge in [0.05, 0.1) is 8.81 Å². The largest absolute Gasteiger partial charge is 0.508 e. The standard InChI is InChI=1S/C21H26BrO3P/c1-4-25-26-12-24-16-9-15-5-7-17(21(15)19(22)11-16)14-6-8-20(23)18(10-14)13(2)3/h6,8-11,13,17,23,26H,4-5,7,12H2,1-3H3. The maximum atomic E-state index is 10.1. The topological polar surface area (TPSA) is 38.7 Å². The van der Waals surface area contributed by atoms with Crippen LogP contribution in [0.1, 0.15) is 61.3 Å². The van der Waals surface area contributed by atoms with Crippen molar-refractivity contribution in [3.8, 4) is 11.5 Å². The van der Waals surface area contributed by atoms with Crippen LogP contribution in [-0.4, -0.2) is 18.1 Å². The summed E-state index contributed by atoms with van der Waals surface area (Å²) in [6, 6.07) is 10.3. The minimum absolute atomic E-state index is 0.307. The van der Waals surface area contributed by atoms with Gasteiger partial charge >= 0.3 is 0 Å². The molecule has 1 N–H and O–H groups in total. The van der Waals surface area contributed by atoms with Crippen molar-refractivity contribution in [2.75, 3.05) is 13.0 Å². The second-order valence-corrected chi connectivity index (χ2v) is 8.63. The molecule has 3 rings (SSSR count). The Morgan fingerprint density at radius 1 is 1.27 bits per heavy atom. The van der Waals surface area contributed by atoms with Gasteiger partial charge < -0.3 is 14.4 Å². The summed E-state index contributed by atoms with van der Waals surface area (Å²) in [5.41, 5.74) is 4.99. The van der Waals surface area contributed by atoms with Gasteiger partial charge in [0.1, 0.15) is 17.8 Å². The summed E-state index contributed by atoms with van der Waals surface area (Å²) in [4.78, 5) is 0. The fraction of sp³-hybridized carbons (Fsp3) is 0.429. The zero-order valence-corrected chi connectivity index (χ0v) is 18.1. The highest BCUT2D eigenvalue weighted by Gasteiger charge is 2.28. The van der Waals surface area contributed by atoms with Crippen LogP contribution in [0.4, 0.5) is 0 Å². The molecule has 0 aliphatic heterocycles. The van der Waals surface area contributed by atoms with E-state index in [-0.39, 0.29) is 0 Å². The zero-order valence-electron chi connectivity index (χ0n) is 15.5. The minimum Gasteiger partial charge on any atom is -0.508 e. The van der Waals surface area contributed by atoms with Gasteiger partial charge in [0.25, 0.3) is 0 Å². The Bertz CT molecular complexity index is 776. The van der Waals surface area contributed by atoms with Crippen LogP contribution in [0, 0.1) is 0 Å². The summed E-state index contributed by atoms with van der Waals surface area (Å²) in [6.07, 6.45) is 2.72. The molecule has 0 spiro atoms. The number of phenols is 1. The van der Waals surface area contributed by atoms with E-state index in [0.29, 0.717) is 32.7 Å². The van der Waals surface area contributed by atoms with Gasteiger partial charge in [0, 0.05) is 17.0 Å². The molecule has 0 amide bonds. The third-order valence-electron chi connectivity index (χ3n) is 4.86. The number of hydrogen-bond acceptors (Lipinski definition) is 3. The Morgan fingerprint density at radius 3 is 2.81 bits per heavy atom. The smallest absolute Gasteiger partial charge is 0.129 e. The fourth-order valence-corrected chi connectivity index (χ4v) is 4.88. The van der Waals surface area contributed by atoms with Crippen molar-refractivity contribution in [2.24, 2.45) is 0 Å². The molecule has 0 radical (unpaired) electrons. The van der Waals surface area contributed by atoms with Crippen LogP contribution >= 0.6 is 24.7 Å². The lowest BCUT2D eigenvalue weighted by molar-refractivity contribution is 0.342. The molecule has 0 saturated heterocycles.